The normalized spacial score (nSPS) is 25.6. The summed E-state index contributed by atoms with van der Waals surface area (Å²) in [5.41, 5.74) is 7.36. The van der Waals surface area contributed by atoms with Crippen LogP contribution in [0.4, 0.5) is 0 Å². The van der Waals surface area contributed by atoms with Crippen molar-refractivity contribution in [1.82, 2.24) is 4.90 Å². The number of hydrogen-bond donors (Lipinski definition) is 1. The van der Waals surface area contributed by atoms with Crippen LogP contribution in [0.2, 0.25) is 0 Å². The Labute approximate surface area is 184 Å². The van der Waals surface area contributed by atoms with Crippen molar-refractivity contribution in [2.75, 3.05) is 12.0 Å². The molecule has 2 unspecified atom stereocenters. The molecule has 2 aliphatic rings. The van der Waals surface area contributed by atoms with Gasteiger partial charge in [0, 0.05) is 5.75 Å². The number of β-lactam (4-membered cyclic amide) rings is 1. The van der Waals surface area contributed by atoms with Gasteiger partial charge in [0.1, 0.15) is 17.5 Å². The highest BCUT2D eigenvalue weighted by atomic mass is 32.2. The van der Waals surface area contributed by atoms with E-state index in [2.05, 4.69) is 0 Å². The van der Waals surface area contributed by atoms with Crippen LogP contribution in [-0.4, -0.2) is 60.8 Å². The summed E-state index contributed by atoms with van der Waals surface area (Å²) < 4.78 is 34.6. The van der Waals surface area contributed by atoms with Crippen molar-refractivity contribution in [1.29, 1.82) is 0 Å². The van der Waals surface area contributed by atoms with Gasteiger partial charge in [0.15, 0.2) is 12.1 Å². The molecule has 0 radical (unpaired) electrons. The molecule has 0 aromatic heterocycles. The average molecular weight is 463 g/mol. The molecule has 31 heavy (non-hydrogen) atoms. The van der Waals surface area contributed by atoms with Gasteiger partial charge in [-0.2, -0.15) is 8.42 Å². The van der Waals surface area contributed by atoms with Crippen molar-refractivity contribution >= 4 is 33.8 Å². The number of hydrogen-bond acceptors (Lipinski definition) is 8. The van der Waals surface area contributed by atoms with Crippen LogP contribution in [0.3, 0.4) is 0 Å². The maximum absolute atomic E-state index is 13.4. The minimum atomic E-state index is -3.86. The molecule has 2 fully saturated rings. The number of benzene rings is 2. The topological polar surface area (TPSA) is 116 Å². The second-order valence-electron chi connectivity index (χ2n) is 7.42. The first-order valence-corrected chi connectivity index (χ1v) is 12.5. The third kappa shape index (κ3) is 4.47. The third-order valence-corrected chi connectivity index (χ3v) is 7.16. The zero-order chi connectivity index (χ0) is 22.2. The van der Waals surface area contributed by atoms with Crippen LogP contribution < -0.4 is 5.73 Å². The first-order chi connectivity index (χ1) is 14.8. The molecule has 164 valence electrons. The van der Waals surface area contributed by atoms with Crippen LogP contribution in [0.5, 0.6) is 0 Å². The Hall–Kier alpha value is -2.40. The SMILES string of the molecule is CS(=O)(=O)OC1CS[C@@H]2[C@H](N)C(=O)N2C1C(=O)OC(c1ccccc1)c1ccccc1. The molecule has 0 spiro atoms. The Morgan fingerprint density at radius 3 is 2.16 bits per heavy atom. The number of carbonyl (C=O) groups excluding carboxylic acids is 2. The van der Waals surface area contributed by atoms with Gasteiger partial charge in [-0.05, 0) is 11.1 Å². The molecule has 1 amide bonds. The summed E-state index contributed by atoms with van der Waals surface area (Å²) in [7, 11) is -3.86. The quantitative estimate of drug-likeness (QED) is 0.388. The summed E-state index contributed by atoms with van der Waals surface area (Å²) in [6, 6.07) is 16.4. The van der Waals surface area contributed by atoms with E-state index < -0.39 is 51.7 Å². The zero-order valence-electron chi connectivity index (χ0n) is 16.7. The van der Waals surface area contributed by atoms with Crippen LogP contribution in [-0.2, 0) is 28.6 Å². The predicted molar refractivity (Wildman–Crippen MR) is 115 cm³/mol. The molecule has 2 saturated heterocycles. The van der Waals surface area contributed by atoms with Crippen LogP contribution in [0, 0.1) is 0 Å². The van der Waals surface area contributed by atoms with Gasteiger partial charge in [-0.15, -0.1) is 11.8 Å². The number of rotatable bonds is 6. The summed E-state index contributed by atoms with van der Waals surface area (Å²) in [6.07, 6.45) is -0.883. The summed E-state index contributed by atoms with van der Waals surface area (Å²) in [6.45, 7) is 0. The maximum Gasteiger partial charge on any atom is 0.332 e. The fourth-order valence-electron chi connectivity index (χ4n) is 3.79. The molecule has 4 rings (SSSR count). The summed E-state index contributed by atoms with van der Waals surface area (Å²) in [5.74, 6) is -0.981. The molecule has 4 atom stereocenters. The van der Waals surface area contributed by atoms with Crippen molar-refractivity contribution in [2.45, 2.75) is 29.7 Å². The van der Waals surface area contributed by atoms with Crippen LogP contribution >= 0.6 is 11.8 Å². The lowest BCUT2D eigenvalue weighted by atomic mass is 9.99. The summed E-state index contributed by atoms with van der Waals surface area (Å²) in [5, 5.41) is -0.420. The van der Waals surface area contributed by atoms with Gasteiger partial charge in [0.05, 0.1) is 6.26 Å². The third-order valence-electron chi connectivity index (χ3n) is 5.18. The molecular formula is C21H22N2O6S2. The van der Waals surface area contributed by atoms with Crippen molar-refractivity contribution < 1.29 is 26.9 Å². The first kappa shape index (κ1) is 21.8. The van der Waals surface area contributed by atoms with Gasteiger partial charge < -0.3 is 15.4 Å². The maximum atomic E-state index is 13.4. The number of amides is 1. The van der Waals surface area contributed by atoms with Crippen LogP contribution in [0.25, 0.3) is 0 Å². The molecule has 2 N–H and O–H groups in total. The number of esters is 1. The predicted octanol–water partition coefficient (Wildman–Crippen LogP) is 1.28. The second-order valence-corrected chi connectivity index (χ2v) is 10.2. The number of carbonyl (C=O) groups is 2. The Bertz CT molecular complexity index is 1020. The van der Waals surface area contributed by atoms with E-state index >= 15 is 0 Å². The lowest BCUT2D eigenvalue weighted by Gasteiger charge is -2.52. The van der Waals surface area contributed by atoms with Crippen molar-refractivity contribution in [2.24, 2.45) is 5.73 Å². The number of nitrogens with two attached hydrogens (primary N) is 1. The largest absolute Gasteiger partial charge is 0.451 e. The van der Waals surface area contributed by atoms with Crippen molar-refractivity contribution in [3.8, 4) is 0 Å². The highest BCUT2D eigenvalue weighted by Gasteiger charge is 2.57. The monoisotopic (exact) mass is 462 g/mol. The molecule has 2 aromatic carbocycles. The van der Waals surface area contributed by atoms with Crippen molar-refractivity contribution in [3.05, 3.63) is 71.8 Å². The molecular weight excluding hydrogens is 440 g/mol. The van der Waals surface area contributed by atoms with E-state index in [0.29, 0.717) is 0 Å². The van der Waals surface area contributed by atoms with E-state index in [4.69, 9.17) is 14.7 Å². The minimum absolute atomic E-state index is 0.191. The second kappa shape index (κ2) is 8.62. The lowest BCUT2D eigenvalue weighted by molar-refractivity contribution is -0.171. The minimum Gasteiger partial charge on any atom is -0.451 e. The van der Waals surface area contributed by atoms with E-state index in [-0.39, 0.29) is 5.75 Å². The highest BCUT2D eigenvalue weighted by Crippen LogP contribution is 2.40. The average Bonchev–Trinajstić information content (AvgIpc) is 2.76. The van der Waals surface area contributed by atoms with Gasteiger partial charge in [-0.3, -0.25) is 8.98 Å². The van der Waals surface area contributed by atoms with E-state index in [1.54, 1.807) is 0 Å². The van der Waals surface area contributed by atoms with Crippen LogP contribution in [0.1, 0.15) is 17.2 Å². The smallest absolute Gasteiger partial charge is 0.332 e. The van der Waals surface area contributed by atoms with Gasteiger partial charge in [0.2, 0.25) is 5.91 Å². The van der Waals surface area contributed by atoms with Gasteiger partial charge >= 0.3 is 5.97 Å². The molecule has 0 saturated carbocycles. The number of thioether (sulfide) groups is 1. The molecule has 2 heterocycles. The summed E-state index contributed by atoms with van der Waals surface area (Å²) in [4.78, 5) is 27.1. The zero-order valence-corrected chi connectivity index (χ0v) is 18.3. The van der Waals surface area contributed by atoms with E-state index in [1.165, 1.54) is 16.7 Å². The Morgan fingerprint density at radius 1 is 1.10 bits per heavy atom. The Kier molecular flexibility index (Phi) is 6.07. The Balaban J connectivity index is 1.66. The van der Waals surface area contributed by atoms with Gasteiger partial charge in [-0.25, -0.2) is 4.79 Å². The van der Waals surface area contributed by atoms with Gasteiger partial charge in [-0.1, -0.05) is 60.7 Å². The fourth-order valence-corrected chi connectivity index (χ4v) is 5.86. The molecule has 0 aliphatic carbocycles. The van der Waals surface area contributed by atoms with E-state index in [9.17, 15) is 18.0 Å². The fraction of sp³-hybridized carbons (Fsp3) is 0.333. The first-order valence-electron chi connectivity index (χ1n) is 9.64. The van der Waals surface area contributed by atoms with Crippen molar-refractivity contribution in [3.63, 3.8) is 0 Å². The Morgan fingerprint density at radius 2 is 1.65 bits per heavy atom. The van der Waals surface area contributed by atoms with Crippen LogP contribution in [0.15, 0.2) is 60.7 Å². The molecule has 0 bridgehead atoms. The molecule has 2 aromatic rings. The number of nitrogens with zero attached hydrogens (tertiary/aromatic N) is 1. The standard InChI is InChI=1S/C21H22N2O6S2/c1-31(26,27)29-15-12-30-20-16(22)19(24)23(20)17(15)21(25)28-18(13-8-4-2-5-9-13)14-10-6-3-7-11-14/h2-11,15-18,20H,12,22H2,1H3/t15?,16-,17?,20-/m1/s1. The highest BCUT2D eigenvalue weighted by molar-refractivity contribution is 8.00. The van der Waals surface area contributed by atoms with E-state index in [1.807, 2.05) is 60.7 Å². The molecule has 8 nitrogen and oxygen atoms in total. The molecule has 2 aliphatic heterocycles. The lowest BCUT2D eigenvalue weighted by Crippen LogP contribution is -2.75. The van der Waals surface area contributed by atoms with Gasteiger partial charge in [0.25, 0.3) is 10.1 Å². The summed E-state index contributed by atoms with van der Waals surface area (Å²) >= 11 is 1.29. The molecule has 10 heteroatoms. The number of ether oxygens (including phenoxy) is 1. The van der Waals surface area contributed by atoms with E-state index in [0.717, 1.165) is 17.4 Å². The number of fused-ring (bicyclic) bond motifs is 1.